The van der Waals surface area contributed by atoms with Gasteiger partial charge in [-0.1, -0.05) is 17.8 Å². The summed E-state index contributed by atoms with van der Waals surface area (Å²) >= 11 is 2.83. The van der Waals surface area contributed by atoms with Crippen molar-refractivity contribution in [2.45, 2.75) is 30.9 Å². The van der Waals surface area contributed by atoms with Gasteiger partial charge < -0.3 is 9.15 Å². The van der Waals surface area contributed by atoms with E-state index in [4.69, 9.17) is 9.15 Å². The summed E-state index contributed by atoms with van der Waals surface area (Å²) in [6.07, 6.45) is -0.0287. The Bertz CT molecular complexity index is 862. The molecule has 1 aromatic carbocycles. The van der Waals surface area contributed by atoms with Gasteiger partial charge in [0.05, 0.1) is 15.9 Å². The predicted octanol–water partition coefficient (Wildman–Crippen LogP) is 4.79. The minimum atomic E-state index is -0.422. The van der Waals surface area contributed by atoms with Gasteiger partial charge in [-0.25, -0.2) is 0 Å². The van der Waals surface area contributed by atoms with Gasteiger partial charge in [0.25, 0.3) is 16.8 Å². The van der Waals surface area contributed by atoms with E-state index < -0.39 is 4.92 Å². The molecule has 0 radical (unpaired) electrons. The highest BCUT2D eigenvalue weighted by Crippen LogP contribution is 2.32. The maximum atomic E-state index is 11.0. The van der Waals surface area contributed by atoms with Gasteiger partial charge >= 0.3 is 0 Å². The molecule has 0 spiro atoms. The van der Waals surface area contributed by atoms with Crippen molar-refractivity contribution in [3.05, 3.63) is 51.4 Å². The van der Waals surface area contributed by atoms with Crippen LogP contribution in [0.5, 0.6) is 5.75 Å². The van der Waals surface area contributed by atoms with Crippen molar-refractivity contribution in [3.8, 4) is 16.5 Å². The minimum Gasteiger partial charge on any atom is -0.491 e. The van der Waals surface area contributed by atoms with Crippen molar-refractivity contribution < 1.29 is 14.1 Å². The Kier molecular flexibility index (Phi) is 5.34. The molecule has 2 aromatic heterocycles. The summed E-state index contributed by atoms with van der Waals surface area (Å²) in [4.78, 5) is 11.5. The van der Waals surface area contributed by atoms with E-state index in [-0.39, 0.29) is 11.8 Å². The lowest BCUT2D eigenvalue weighted by molar-refractivity contribution is -0.384. The first-order valence-electron chi connectivity index (χ1n) is 7.47. The summed E-state index contributed by atoms with van der Waals surface area (Å²) in [5.41, 5.74) is 0.736. The van der Waals surface area contributed by atoms with E-state index in [0.29, 0.717) is 28.2 Å². The van der Waals surface area contributed by atoms with Crippen LogP contribution in [0, 0.1) is 10.1 Å². The first-order chi connectivity index (χ1) is 12.0. The second-order valence-corrected chi connectivity index (χ2v) is 7.23. The summed E-state index contributed by atoms with van der Waals surface area (Å²) in [5.74, 6) is 1.51. The number of rotatable bonds is 7. The Labute approximate surface area is 152 Å². The van der Waals surface area contributed by atoms with Crippen LogP contribution in [0.4, 0.5) is 5.69 Å². The number of aromatic nitrogens is 2. The lowest BCUT2D eigenvalue weighted by atomic mass is 10.2. The number of nitro benzene ring substituents is 1. The first kappa shape index (κ1) is 17.4. The molecule has 0 aliphatic heterocycles. The van der Waals surface area contributed by atoms with Crippen LogP contribution in [0.3, 0.4) is 0 Å². The fourth-order valence-electron chi connectivity index (χ4n) is 2.07. The molecule has 0 N–H and O–H groups in total. The van der Waals surface area contributed by atoms with Crippen molar-refractivity contribution in [2.75, 3.05) is 0 Å². The van der Waals surface area contributed by atoms with Gasteiger partial charge in [-0.2, -0.15) is 0 Å². The average molecular weight is 377 g/mol. The van der Waals surface area contributed by atoms with Crippen LogP contribution >= 0.6 is 23.1 Å². The number of non-ortho nitro benzene ring substituents is 1. The molecule has 130 valence electrons. The monoisotopic (exact) mass is 377 g/mol. The standard InChI is InChI=1S/C16H15N3O4S2/c1-10(2)22-13-6-5-12(19(20)21)8-11(13)9-25-16-18-17-15(23-16)14-4-3-7-24-14/h3-8,10H,9H2,1-2H3. The third kappa shape index (κ3) is 4.37. The quantitative estimate of drug-likeness (QED) is 0.332. The SMILES string of the molecule is CC(C)Oc1ccc([N+](=O)[O-])cc1CSc1nnc(-c2cccs2)o1. The van der Waals surface area contributed by atoms with Gasteiger partial charge in [0.1, 0.15) is 5.75 Å². The zero-order valence-corrected chi connectivity index (χ0v) is 15.2. The lowest BCUT2D eigenvalue weighted by Crippen LogP contribution is -2.07. The number of thioether (sulfide) groups is 1. The maximum Gasteiger partial charge on any atom is 0.277 e. The predicted molar refractivity (Wildman–Crippen MR) is 96.0 cm³/mol. The number of benzene rings is 1. The van der Waals surface area contributed by atoms with Crippen molar-refractivity contribution >= 4 is 28.8 Å². The molecule has 0 amide bonds. The van der Waals surface area contributed by atoms with Crippen molar-refractivity contribution in [1.29, 1.82) is 0 Å². The molecule has 9 heteroatoms. The fraction of sp³-hybridized carbons (Fsp3) is 0.250. The molecular weight excluding hydrogens is 362 g/mol. The second-order valence-electron chi connectivity index (χ2n) is 5.35. The number of nitrogens with zero attached hydrogens (tertiary/aromatic N) is 3. The topological polar surface area (TPSA) is 91.3 Å². The molecule has 0 unspecified atom stereocenters. The normalized spacial score (nSPS) is 11.0. The maximum absolute atomic E-state index is 11.0. The van der Waals surface area contributed by atoms with Crippen LogP contribution in [0.1, 0.15) is 19.4 Å². The Hall–Kier alpha value is -2.39. The average Bonchev–Trinajstić information content (AvgIpc) is 3.24. The molecule has 3 aromatic rings. The van der Waals surface area contributed by atoms with Gasteiger partial charge in [-0.3, -0.25) is 10.1 Å². The van der Waals surface area contributed by atoms with Gasteiger partial charge in [0.2, 0.25) is 0 Å². The molecule has 2 heterocycles. The van der Waals surface area contributed by atoms with Crippen LogP contribution < -0.4 is 4.74 Å². The number of hydrogen-bond acceptors (Lipinski definition) is 8. The molecule has 0 saturated heterocycles. The van der Waals surface area contributed by atoms with Crippen molar-refractivity contribution in [1.82, 2.24) is 10.2 Å². The molecular formula is C16H15N3O4S2. The van der Waals surface area contributed by atoms with E-state index in [1.807, 2.05) is 31.4 Å². The molecule has 0 fully saturated rings. The van der Waals surface area contributed by atoms with E-state index in [1.54, 1.807) is 6.07 Å². The number of ether oxygens (including phenoxy) is 1. The van der Waals surface area contributed by atoms with Crippen LogP contribution in [-0.2, 0) is 5.75 Å². The first-order valence-corrected chi connectivity index (χ1v) is 9.33. The molecule has 25 heavy (non-hydrogen) atoms. The van der Waals surface area contributed by atoms with Gasteiger partial charge in [-0.05, 0) is 31.4 Å². The van der Waals surface area contributed by atoms with Gasteiger partial charge in [-0.15, -0.1) is 21.5 Å². The number of nitro groups is 1. The summed E-state index contributed by atoms with van der Waals surface area (Å²) < 4.78 is 11.4. The summed E-state index contributed by atoms with van der Waals surface area (Å²) in [7, 11) is 0. The zero-order chi connectivity index (χ0) is 17.8. The summed E-state index contributed by atoms with van der Waals surface area (Å²) in [6, 6.07) is 8.39. The smallest absolute Gasteiger partial charge is 0.277 e. The third-order valence-electron chi connectivity index (χ3n) is 3.11. The number of hydrogen-bond donors (Lipinski definition) is 0. The highest BCUT2D eigenvalue weighted by atomic mass is 32.2. The largest absolute Gasteiger partial charge is 0.491 e. The van der Waals surface area contributed by atoms with Crippen LogP contribution in [0.2, 0.25) is 0 Å². The Morgan fingerprint density at radius 1 is 1.36 bits per heavy atom. The molecule has 0 bridgehead atoms. The Morgan fingerprint density at radius 2 is 2.20 bits per heavy atom. The van der Waals surface area contributed by atoms with E-state index >= 15 is 0 Å². The third-order valence-corrected chi connectivity index (χ3v) is 4.83. The van der Waals surface area contributed by atoms with Crippen molar-refractivity contribution in [3.63, 3.8) is 0 Å². The Balaban J connectivity index is 1.77. The highest BCUT2D eigenvalue weighted by molar-refractivity contribution is 7.98. The highest BCUT2D eigenvalue weighted by Gasteiger charge is 2.15. The van der Waals surface area contributed by atoms with E-state index in [2.05, 4.69) is 10.2 Å². The summed E-state index contributed by atoms with van der Waals surface area (Å²) in [5, 5.41) is 21.4. The van der Waals surface area contributed by atoms with Gasteiger partial charge in [0, 0.05) is 23.4 Å². The summed E-state index contributed by atoms with van der Waals surface area (Å²) in [6.45, 7) is 3.81. The molecule has 0 aliphatic rings. The molecule has 7 nitrogen and oxygen atoms in total. The molecule has 0 saturated carbocycles. The van der Waals surface area contributed by atoms with E-state index in [0.717, 1.165) is 4.88 Å². The Morgan fingerprint density at radius 3 is 2.88 bits per heavy atom. The molecule has 0 aliphatic carbocycles. The van der Waals surface area contributed by atoms with E-state index in [1.165, 1.54) is 35.2 Å². The van der Waals surface area contributed by atoms with E-state index in [9.17, 15) is 10.1 Å². The molecule has 3 rings (SSSR count). The second kappa shape index (κ2) is 7.66. The molecule has 0 atom stereocenters. The lowest BCUT2D eigenvalue weighted by Gasteiger charge is -2.13. The fourth-order valence-corrected chi connectivity index (χ4v) is 3.45. The zero-order valence-electron chi connectivity index (χ0n) is 13.5. The van der Waals surface area contributed by atoms with Crippen LogP contribution in [-0.4, -0.2) is 21.2 Å². The van der Waals surface area contributed by atoms with Gasteiger partial charge in [0.15, 0.2) is 0 Å². The number of thiophene rings is 1. The van der Waals surface area contributed by atoms with Crippen molar-refractivity contribution in [2.24, 2.45) is 0 Å². The van der Waals surface area contributed by atoms with Crippen LogP contribution in [0.15, 0.2) is 45.4 Å². The van der Waals surface area contributed by atoms with Crippen LogP contribution in [0.25, 0.3) is 10.8 Å². The minimum absolute atomic E-state index is 0.0245.